The molecular weight excluding hydrogens is 312 g/mol. The first-order valence-corrected chi connectivity index (χ1v) is 9.12. The van der Waals surface area contributed by atoms with Gasteiger partial charge in [0.25, 0.3) is 5.91 Å². The fourth-order valence-corrected chi connectivity index (χ4v) is 3.75. The zero-order chi connectivity index (χ0) is 17.4. The molecule has 0 aliphatic carbocycles. The van der Waals surface area contributed by atoms with Crippen LogP contribution in [0.25, 0.3) is 0 Å². The number of nitrogens with zero attached hydrogens (tertiary/aromatic N) is 4. The van der Waals surface area contributed by atoms with E-state index in [4.69, 9.17) is 0 Å². The lowest BCUT2D eigenvalue weighted by Gasteiger charge is -2.31. The summed E-state index contributed by atoms with van der Waals surface area (Å²) in [5, 5.41) is 0. The number of aryl methyl sites for hydroxylation is 1. The van der Waals surface area contributed by atoms with Gasteiger partial charge in [-0.15, -0.1) is 0 Å². The molecule has 0 bridgehead atoms. The average molecular weight is 336 g/mol. The van der Waals surface area contributed by atoms with Crippen molar-refractivity contribution in [1.82, 2.24) is 9.97 Å². The normalized spacial score (nSPS) is 17.7. The van der Waals surface area contributed by atoms with E-state index in [0.29, 0.717) is 11.5 Å². The number of rotatable bonds is 2. The molecule has 1 fully saturated rings. The maximum Gasteiger partial charge on any atom is 0.277 e. The first kappa shape index (κ1) is 16.1. The van der Waals surface area contributed by atoms with Crippen molar-refractivity contribution in [2.45, 2.75) is 33.1 Å². The van der Waals surface area contributed by atoms with E-state index < -0.39 is 0 Å². The number of anilines is 2. The number of hydrogen-bond donors (Lipinski definition) is 0. The third-order valence-electron chi connectivity index (χ3n) is 5.28. The summed E-state index contributed by atoms with van der Waals surface area (Å²) in [6.07, 6.45) is 3.25. The van der Waals surface area contributed by atoms with Crippen molar-refractivity contribution < 1.29 is 4.79 Å². The van der Waals surface area contributed by atoms with Crippen LogP contribution >= 0.6 is 0 Å². The molecule has 0 unspecified atom stereocenters. The monoisotopic (exact) mass is 336 g/mol. The second-order valence-corrected chi connectivity index (χ2v) is 7.16. The summed E-state index contributed by atoms with van der Waals surface area (Å²) in [4.78, 5) is 26.2. The van der Waals surface area contributed by atoms with E-state index in [1.807, 2.05) is 36.1 Å². The summed E-state index contributed by atoms with van der Waals surface area (Å²) in [6, 6.07) is 9.98. The molecule has 2 aliphatic rings. The van der Waals surface area contributed by atoms with Crippen LogP contribution in [0.4, 0.5) is 11.5 Å². The predicted molar refractivity (Wildman–Crippen MR) is 99.2 cm³/mol. The molecule has 1 amide bonds. The van der Waals surface area contributed by atoms with Crippen molar-refractivity contribution in [3.63, 3.8) is 0 Å². The maximum absolute atomic E-state index is 13.1. The van der Waals surface area contributed by atoms with Gasteiger partial charge in [0.1, 0.15) is 17.3 Å². The van der Waals surface area contributed by atoms with Crippen molar-refractivity contribution in [1.29, 1.82) is 0 Å². The number of aromatic nitrogens is 2. The second kappa shape index (κ2) is 6.47. The Morgan fingerprint density at radius 1 is 1.12 bits per heavy atom. The van der Waals surface area contributed by atoms with E-state index in [1.165, 1.54) is 18.4 Å². The molecule has 1 saturated heterocycles. The number of amides is 1. The zero-order valence-corrected chi connectivity index (χ0v) is 14.9. The van der Waals surface area contributed by atoms with Crippen molar-refractivity contribution in [2.75, 3.05) is 29.4 Å². The van der Waals surface area contributed by atoms with Crippen LogP contribution in [-0.2, 0) is 6.42 Å². The van der Waals surface area contributed by atoms with Gasteiger partial charge in [0.2, 0.25) is 0 Å². The highest BCUT2D eigenvalue weighted by Gasteiger charge is 2.27. The van der Waals surface area contributed by atoms with Crippen LogP contribution in [0.2, 0.25) is 0 Å². The van der Waals surface area contributed by atoms with E-state index in [9.17, 15) is 4.79 Å². The molecule has 0 saturated carbocycles. The maximum atomic E-state index is 13.1. The van der Waals surface area contributed by atoms with Gasteiger partial charge in [-0.1, -0.05) is 25.1 Å². The Balaban J connectivity index is 1.61. The molecule has 2 aliphatic heterocycles. The summed E-state index contributed by atoms with van der Waals surface area (Å²) >= 11 is 0. The molecule has 3 heterocycles. The van der Waals surface area contributed by atoms with Crippen LogP contribution in [0.1, 0.15) is 41.6 Å². The number of carbonyl (C=O) groups is 1. The lowest BCUT2D eigenvalue weighted by atomic mass is 9.99. The molecular formula is C20H24N4O. The van der Waals surface area contributed by atoms with Gasteiger partial charge in [-0.05, 0) is 43.7 Å². The van der Waals surface area contributed by atoms with Crippen molar-refractivity contribution in [3.8, 4) is 0 Å². The molecule has 130 valence electrons. The van der Waals surface area contributed by atoms with Gasteiger partial charge < -0.3 is 9.80 Å². The second-order valence-electron chi connectivity index (χ2n) is 7.16. The van der Waals surface area contributed by atoms with Gasteiger partial charge in [-0.3, -0.25) is 4.79 Å². The highest BCUT2D eigenvalue weighted by atomic mass is 16.2. The number of para-hydroxylation sites is 1. The van der Waals surface area contributed by atoms with E-state index in [-0.39, 0.29) is 5.91 Å². The third-order valence-corrected chi connectivity index (χ3v) is 5.28. The lowest BCUT2D eigenvalue weighted by molar-refractivity contribution is 0.0984. The van der Waals surface area contributed by atoms with Gasteiger partial charge in [0.15, 0.2) is 0 Å². The summed E-state index contributed by atoms with van der Waals surface area (Å²) in [5.74, 6) is 2.28. The van der Waals surface area contributed by atoms with Crippen LogP contribution in [0, 0.1) is 12.8 Å². The Morgan fingerprint density at radius 3 is 2.68 bits per heavy atom. The van der Waals surface area contributed by atoms with Crippen LogP contribution in [0.5, 0.6) is 0 Å². The Bertz CT molecular complexity index is 796. The number of piperidine rings is 1. The topological polar surface area (TPSA) is 49.3 Å². The predicted octanol–water partition coefficient (Wildman–Crippen LogP) is 3.22. The van der Waals surface area contributed by atoms with Gasteiger partial charge in [-0.2, -0.15) is 0 Å². The summed E-state index contributed by atoms with van der Waals surface area (Å²) in [7, 11) is 0. The fourth-order valence-electron chi connectivity index (χ4n) is 3.75. The molecule has 0 spiro atoms. The lowest BCUT2D eigenvalue weighted by Crippen LogP contribution is -2.34. The number of hydrogen-bond acceptors (Lipinski definition) is 4. The van der Waals surface area contributed by atoms with Gasteiger partial charge >= 0.3 is 0 Å². The van der Waals surface area contributed by atoms with Gasteiger partial charge in [0, 0.05) is 31.4 Å². The molecule has 5 heteroatoms. The molecule has 2 aromatic rings. The Labute approximate surface area is 148 Å². The van der Waals surface area contributed by atoms with Crippen molar-refractivity contribution in [3.05, 3.63) is 47.4 Å². The summed E-state index contributed by atoms with van der Waals surface area (Å²) in [5.41, 5.74) is 2.74. The van der Waals surface area contributed by atoms with Gasteiger partial charge in [0.05, 0.1) is 0 Å². The first-order valence-electron chi connectivity index (χ1n) is 9.12. The first-order chi connectivity index (χ1) is 12.1. The number of carbonyl (C=O) groups excluding carboxylic acids is 1. The molecule has 5 nitrogen and oxygen atoms in total. The van der Waals surface area contributed by atoms with Crippen molar-refractivity contribution in [2.24, 2.45) is 5.92 Å². The third kappa shape index (κ3) is 3.11. The fraction of sp³-hybridized carbons (Fsp3) is 0.450. The largest absolute Gasteiger partial charge is 0.356 e. The standard InChI is InChI=1S/C20H24N4O/c1-14-7-10-23(11-8-14)19-13-17(21-15(2)22-19)20(25)24-12-9-16-5-3-4-6-18(16)24/h3-6,13-14H,7-12H2,1-2H3. The van der Waals surface area contributed by atoms with Crippen LogP contribution in [0.3, 0.4) is 0 Å². The molecule has 1 aromatic carbocycles. The molecule has 4 rings (SSSR count). The quantitative estimate of drug-likeness (QED) is 0.845. The minimum Gasteiger partial charge on any atom is -0.356 e. The van der Waals surface area contributed by atoms with Gasteiger partial charge in [-0.25, -0.2) is 9.97 Å². The Hall–Kier alpha value is -2.43. The molecule has 0 atom stereocenters. The number of benzene rings is 1. The minimum atomic E-state index is -0.0259. The number of fused-ring (bicyclic) bond motifs is 1. The minimum absolute atomic E-state index is 0.0259. The summed E-state index contributed by atoms with van der Waals surface area (Å²) < 4.78 is 0. The Kier molecular flexibility index (Phi) is 4.15. The molecule has 1 aromatic heterocycles. The van der Waals surface area contributed by atoms with E-state index in [2.05, 4.69) is 27.9 Å². The molecule has 0 radical (unpaired) electrons. The average Bonchev–Trinajstić information content (AvgIpc) is 3.05. The van der Waals surface area contributed by atoms with Crippen LogP contribution in [0.15, 0.2) is 30.3 Å². The Morgan fingerprint density at radius 2 is 1.88 bits per heavy atom. The van der Waals surface area contributed by atoms with Crippen LogP contribution < -0.4 is 9.80 Å². The van der Waals surface area contributed by atoms with E-state index in [0.717, 1.165) is 43.5 Å². The van der Waals surface area contributed by atoms with Crippen molar-refractivity contribution >= 4 is 17.4 Å². The zero-order valence-electron chi connectivity index (χ0n) is 14.9. The van der Waals surface area contributed by atoms with Crippen LogP contribution in [-0.4, -0.2) is 35.5 Å². The van der Waals surface area contributed by atoms with E-state index >= 15 is 0 Å². The SMILES string of the molecule is Cc1nc(C(=O)N2CCc3ccccc32)cc(N2CCC(C)CC2)n1. The highest BCUT2D eigenvalue weighted by Crippen LogP contribution is 2.29. The highest BCUT2D eigenvalue weighted by molar-refractivity contribution is 6.06. The summed E-state index contributed by atoms with van der Waals surface area (Å²) in [6.45, 7) is 6.88. The smallest absolute Gasteiger partial charge is 0.277 e. The molecule has 25 heavy (non-hydrogen) atoms. The molecule has 0 N–H and O–H groups in total. The van der Waals surface area contributed by atoms with E-state index in [1.54, 1.807) is 0 Å².